The lowest BCUT2D eigenvalue weighted by Gasteiger charge is -2.13. The van der Waals surface area contributed by atoms with Crippen molar-refractivity contribution in [3.63, 3.8) is 0 Å². The first-order valence-corrected chi connectivity index (χ1v) is 6.56. The van der Waals surface area contributed by atoms with Crippen LogP contribution in [0.3, 0.4) is 0 Å². The maximum absolute atomic E-state index is 11.1. The number of carbonyl (C=O) groups is 1. The fraction of sp³-hybridized carbons (Fsp3) is 0.214. The molecule has 2 N–H and O–H groups in total. The van der Waals surface area contributed by atoms with E-state index in [9.17, 15) is 9.90 Å². The van der Waals surface area contributed by atoms with Crippen LogP contribution in [0, 0.1) is 6.92 Å². The van der Waals surface area contributed by atoms with E-state index in [1.165, 1.54) is 17.4 Å². The van der Waals surface area contributed by atoms with E-state index in [0.717, 1.165) is 11.3 Å². The molecular weight excluding hydrogens is 264 g/mol. The molecule has 1 aromatic heterocycles. The second kappa shape index (κ2) is 5.42. The summed E-state index contributed by atoms with van der Waals surface area (Å²) in [5.41, 5.74) is 1.70. The van der Waals surface area contributed by atoms with Gasteiger partial charge in [-0.15, -0.1) is 11.3 Å². The zero-order chi connectivity index (χ0) is 14.0. The molecule has 0 aliphatic rings. The number of aryl methyl sites for hydroxylation is 1. The average Bonchev–Trinajstić information content (AvgIpc) is 2.87. The zero-order valence-electron chi connectivity index (χ0n) is 10.6. The third-order valence-electron chi connectivity index (χ3n) is 2.91. The van der Waals surface area contributed by atoms with Crippen LogP contribution in [-0.4, -0.2) is 23.3 Å². The SMILES string of the molecule is COc1ccc(C(O)c2sccc2C(=O)O)cc1C. The summed E-state index contributed by atoms with van der Waals surface area (Å²) >= 11 is 1.23. The van der Waals surface area contributed by atoms with Gasteiger partial charge in [-0.25, -0.2) is 4.79 Å². The van der Waals surface area contributed by atoms with Crippen molar-refractivity contribution in [1.82, 2.24) is 0 Å². The Kier molecular flexibility index (Phi) is 3.87. The Labute approximate surface area is 114 Å². The van der Waals surface area contributed by atoms with Crippen LogP contribution in [0.15, 0.2) is 29.6 Å². The number of hydrogen-bond donors (Lipinski definition) is 2. The summed E-state index contributed by atoms with van der Waals surface area (Å²) in [5.74, 6) is -0.291. The lowest BCUT2D eigenvalue weighted by molar-refractivity contribution is 0.0692. The fourth-order valence-electron chi connectivity index (χ4n) is 1.93. The van der Waals surface area contributed by atoms with Gasteiger partial charge in [0.05, 0.1) is 17.6 Å². The van der Waals surface area contributed by atoms with E-state index in [4.69, 9.17) is 9.84 Å². The highest BCUT2D eigenvalue weighted by atomic mass is 32.1. The van der Waals surface area contributed by atoms with Crippen molar-refractivity contribution in [3.8, 4) is 5.75 Å². The number of aromatic carboxylic acids is 1. The average molecular weight is 278 g/mol. The van der Waals surface area contributed by atoms with Gasteiger partial charge in [-0.2, -0.15) is 0 Å². The predicted molar refractivity (Wildman–Crippen MR) is 73.1 cm³/mol. The van der Waals surface area contributed by atoms with Gasteiger partial charge in [-0.05, 0) is 41.6 Å². The van der Waals surface area contributed by atoms with Crippen LogP contribution >= 0.6 is 11.3 Å². The molecule has 0 saturated heterocycles. The van der Waals surface area contributed by atoms with Gasteiger partial charge in [-0.1, -0.05) is 6.07 Å². The third-order valence-corrected chi connectivity index (χ3v) is 3.88. The number of aliphatic hydroxyl groups excluding tert-OH is 1. The van der Waals surface area contributed by atoms with Gasteiger partial charge in [0, 0.05) is 0 Å². The van der Waals surface area contributed by atoms with E-state index in [1.54, 1.807) is 30.7 Å². The first kappa shape index (κ1) is 13.6. The van der Waals surface area contributed by atoms with E-state index in [0.29, 0.717) is 10.4 Å². The Bertz CT molecular complexity index is 603. The molecule has 2 aromatic rings. The second-order valence-corrected chi connectivity index (χ2v) is 5.08. The largest absolute Gasteiger partial charge is 0.496 e. The summed E-state index contributed by atoms with van der Waals surface area (Å²) in [6.45, 7) is 1.88. The Balaban J connectivity index is 2.38. The molecule has 0 radical (unpaired) electrons. The molecule has 0 spiro atoms. The summed E-state index contributed by atoms with van der Waals surface area (Å²) in [7, 11) is 1.58. The molecule has 0 amide bonds. The number of aliphatic hydroxyl groups is 1. The van der Waals surface area contributed by atoms with Gasteiger partial charge in [0.2, 0.25) is 0 Å². The Hall–Kier alpha value is -1.85. The van der Waals surface area contributed by atoms with Crippen molar-refractivity contribution in [2.45, 2.75) is 13.0 Å². The third kappa shape index (κ3) is 2.62. The lowest BCUT2D eigenvalue weighted by atomic mass is 10.0. The molecule has 1 heterocycles. The summed E-state index contributed by atoms with van der Waals surface area (Å²) in [6.07, 6.45) is -0.935. The number of thiophene rings is 1. The summed E-state index contributed by atoms with van der Waals surface area (Å²) in [4.78, 5) is 11.5. The minimum Gasteiger partial charge on any atom is -0.496 e. The van der Waals surface area contributed by atoms with Crippen molar-refractivity contribution in [2.75, 3.05) is 7.11 Å². The highest BCUT2D eigenvalue weighted by molar-refractivity contribution is 7.10. The molecule has 2 rings (SSSR count). The van der Waals surface area contributed by atoms with Crippen molar-refractivity contribution in [3.05, 3.63) is 51.2 Å². The van der Waals surface area contributed by atoms with E-state index in [2.05, 4.69) is 0 Å². The standard InChI is InChI=1S/C14H14O4S/c1-8-7-9(3-4-11(8)18-2)12(15)13-10(14(16)17)5-6-19-13/h3-7,12,15H,1-2H3,(H,16,17). The predicted octanol–water partition coefficient (Wildman–Crippen LogP) is 2.85. The first-order chi connectivity index (χ1) is 9.04. The van der Waals surface area contributed by atoms with Crippen molar-refractivity contribution >= 4 is 17.3 Å². The van der Waals surface area contributed by atoms with Crippen LogP contribution in [0.4, 0.5) is 0 Å². The van der Waals surface area contributed by atoms with Crippen molar-refractivity contribution in [1.29, 1.82) is 0 Å². The van der Waals surface area contributed by atoms with Crippen LogP contribution in [0.2, 0.25) is 0 Å². The number of carboxylic acids is 1. The number of hydrogen-bond acceptors (Lipinski definition) is 4. The van der Waals surface area contributed by atoms with Gasteiger partial charge in [0.25, 0.3) is 0 Å². The van der Waals surface area contributed by atoms with Crippen LogP contribution in [0.25, 0.3) is 0 Å². The smallest absolute Gasteiger partial charge is 0.336 e. The number of rotatable bonds is 4. The second-order valence-electron chi connectivity index (χ2n) is 4.14. The molecular formula is C14H14O4S. The molecule has 19 heavy (non-hydrogen) atoms. The van der Waals surface area contributed by atoms with Gasteiger partial charge in [0.15, 0.2) is 0 Å². The van der Waals surface area contributed by atoms with Crippen LogP contribution in [0.5, 0.6) is 5.75 Å². The van der Waals surface area contributed by atoms with E-state index in [1.807, 2.05) is 6.92 Å². The van der Waals surface area contributed by atoms with Crippen LogP contribution in [-0.2, 0) is 0 Å². The fourth-order valence-corrected chi connectivity index (χ4v) is 2.83. The molecule has 0 bridgehead atoms. The number of carboxylic acid groups (broad SMARTS) is 1. The molecule has 1 unspecified atom stereocenters. The summed E-state index contributed by atoms with van der Waals surface area (Å²) < 4.78 is 5.16. The zero-order valence-corrected chi connectivity index (χ0v) is 11.4. The Morgan fingerprint density at radius 1 is 1.37 bits per heavy atom. The Morgan fingerprint density at radius 2 is 2.11 bits per heavy atom. The van der Waals surface area contributed by atoms with Crippen LogP contribution in [0.1, 0.15) is 32.5 Å². The molecule has 0 saturated carbocycles. The number of ether oxygens (including phenoxy) is 1. The lowest BCUT2D eigenvalue weighted by Crippen LogP contribution is -2.05. The van der Waals surface area contributed by atoms with Crippen molar-refractivity contribution < 1.29 is 19.7 Å². The molecule has 1 atom stereocenters. The van der Waals surface area contributed by atoms with Crippen molar-refractivity contribution in [2.24, 2.45) is 0 Å². The highest BCUT2D eigenvalue weighted by Crippen LogP contribution is 2.31. The maximum atomic E-state index is 11.1. The van der Waals surface area contributed by atoms with E-state index >= 15 is 0 Å². The molecule has 4 nitrogen and oxygen atoms in total. The molecule has 0 aliphatic carbocycles. The van der Waals surface area contributed by atoms with Gasteiger partial charge < -0.3 is 14.9 Å². The molecule has 100 valence electrons. The minimum absolute atomic E-state index is 0.144. The monoisotopic (exact) mass is 278 g/mol. The maximum Gasteiger partial charge on any atom is 0.336 e. The van der Waals surface area contributed by atoms with Gasteiger partial charge in [-0.3, -0.25) is 0 Å². The molecule has 0 fully saturated rings. The first-order valence-electron chi connectivity index (χ1n) is 5.68. The normalized spacial score (nSPS) is 12.2. The Morgan fingerprint density at radius 3 is 2.68 bits per heavy atom. The molecule has 5 heteroatoms. The number of benzene rings is 1. The van der Waals surface area contributed by atoms with Crippen LogP contribution < -0.4 is 4.74 Å². The number of methoxy groups -OCH3 is 1. The van der Waals surface area contributed by atoms with Gasteiger partial charge in [0.1, 0.15) is 11.9 Å². The topological polar surface area (TPSA) is 66.8 Å². The quantitative estimate of drug-likeness (QED) is 0.902. The van der Waals surface area contributed by atoms with Gasteiger partial charge >= 0.3 is 5.97 Å². The highest BCUT2D eigenvalue weighted by Gasteiger charge is 2.20. The minimum atomic E-state index is -1.03. The summed E-state index contributed by atoms with van der Waals surface area (Å²) in [6, 6.07) is 6.81. The summed E-state index contributed by atoms with van der Waals surface area (Å²) in [5, 5.41) is 21.0. The molecule has 0 aliphatic heterocycles. The van der Waals surface area contributed by atoms with E-state index in [-0.39, 0.29) is 5.56 Å². The van der Waals surface area contributed by atoms with E-state index < -0.39 is 12.1 Å². The molecule has 1 aromatic carbocycles.